The molecule has 3 nitrogen and oxygen atoms in total. The van der Waals surface area contributed by atoms with E-state index in [-0.39, 0.29) is 12.0 Å². The highest BCUT2D eigenvalue weighted by Crippen LogP contribution is 2.26. The van der Waals surface area contributed by atoms with Gasteiger partial charge in [0.15, 0.2) is 0 Å². The van der Waals surface area contributed by atoms with E-state index in [1.165, 1.54) is 18.2 Å². The Morgan fingerprint density at radius 2 is 2.33 bits per heavy atom. The third-order valence-electron chi connectivity index (χ3n) is 3.46. The molecule has 1 aromatic rings. The topological polar surface area (TPSA) is 38.3 Å². The first-order valence-corrected chi connectivity index (χ1v) is 6.61. The normalized spacial score (nSPS) is 27.2. The molecule has 0 bridgehead atoms. The summed E-state index contributed by atoms with van der Waals surface area (Å²) in [6.07, 6.45) is 0.709. The molecule has 1 aromatic carbocycles. The minimum absolute atomic E-state index is 0.0474. The first-order valence-electron chi connectivity index (χ1n) is 5.81. The Kier molecular flexibility index (Phi) is 3.73. The molecule has 98 valence electrons. The molecule has 1 aliphatic rings. The van der Waals surface area contributed by atoms with Gasteiger partial charge in [-0.05, 0) is 54.4 Å². The number of hydrogen-bond donors (Lipinski definition) is 1. The molecule has 2 unspecified atom stereocenters. The van der Waals surface area contributed by atoms with Gasteiger partial charge in [-0.2, -0.15) is 0 Å². The summed E-state index contributed by atoms with van der Waals surface area (Å²) < 4.78 is 19.2. The van der Waals surface area contributed by atoms with E-state index in [2.05, 4.69) is 21.2 Å². The average molecular weight is 316 g/mol. The minimum atomic E-state index is -0.427. The number of benzene rings is 1. The van der Waals surface area contributed by atoms with Crippen LogP contribution in [-0.4, -0.2) is 24.2 Å². The molecule has 1 amide bonds. The smallest absolute Gasteiger partial charge is 0.253 e. The second kappa shape index (κ2) is 4.97. The van der Waals surface area contributed by atoms with Crippen molar-refractivity contribution < 1.29 is 13.9 Å². The second-order valence-corrected chi connectivity index (χ2v) is 5.61. The van der Waals surface area contributed by atoms with Crippen LogP contribution in [0, 0.1) is 5.82 Å². The molecule has 1 heterocycles. The van der Waals surface area contributed by atoms with Crippen LogP contribution in [0.2, 0.25) is 0 Å². The molecule has 0 saturated carbocycles. The van der Waals surface area contributed by atoms with Crippen LogP contribution in [0.4, 0.5) is 4.39 Å². The van der Waals surface area contributed by atoms with E-state index in [4.69, 9.17) is 4.74 Å². The van der Waals surface area contributed by atoms with Crippen LogP contribution in [0.5, 0.6) is 0 Å². The van der Waals surface area contributed by atoms with Crippen LogP contribution >= 0.6 is 15.9 Å². The zero-order chi connectivity index (χ0) is 13.3. The lowest BCUT2D eigenvalue weighted by Gasteiger charge is -2.29. The van der Waals surface area contributed by atoms with Crippen molar-refractivity contribution in [3.63, 3.8) is 0 Å². The number of hydrogen-bond acceptors (Lipinski definition) is 2. The van der Waals surface area contributed by atoms with Gasteiger partial charge in [0.2, 0.25) is 0 Å². The third-order valence-corrected chi connectivity index (χ3v) is 4.15. The maximum absolute atomic E-state index is 13.2. The predicted octanol–water partition coefficient (Wildman–Crippen LogP) is 2.89. The molecule has 0 aromatic heterocycles. The zero-order valence-electron chi connectivity index (χ0n) is 10.3. The lowest BCUT2D eigenvalue weighted by atomic mass is 9.94. The Morgan fingerprint density at radius 1 is 1.61 bits per heavy atom. The molecule has 1 N–H and O–H groups in total. The Hall–Kier alpha value is -0.940. The maximum Gasteiger partial charge on any atom is 0.253 e. The van der Waals surface area contributed by atoms with Crippen LogP contribution in [0.25, 0.3) is 0 Å². The van der Waals surface area contributed by atoms with E-state index >= 15 is 0 Å². The highest BCUT2D eigenvalue weighted by atomic mass is 79.9. The van der Waals surface area contributed by atoms with Gasteiger partial charge >= 0.3 is 0 Å². The predicted molar refractivity (Wildman–Crippen MR) is 70.0 cm³/mol. The molecule has 0 spiro atoms. The molecular formula is C13H15BrFNO2. The van der Waals surface area contributed by atoms with Crippen LogP contribution in [0.15, 0.2) is 22.7 Å². The standard InChI is InChI=1S/C13H15BrFNO2/c1-8-13(2,5-6-18-8)16-12(17)10-7-9(15)3-4-11(10)14/h3-4,7-8H,5-6H2,1-2H3,(H,16,17). The molecule has 1 aliphatic heterocycles. The molecule has 2 rings (SSSR count). The summed E-state index contributed by atoms with van der Waals surface area (Å²) in [5.41, 5.74) is -0.0987. The van der Waals surface area contributed by atoms with Crippen molar-refractivity contribution in [2.45, 2.75) is 31.9 Å². The summed E-state index contributed by atoms with van der Waals surface area (Å²) >= 11 is 3.25. The fraction of sp³-hybridized carbons (Fsp3) is 0.462. The van der Waals surface area contributed by atoms with Gasteiger partial charge in [0, 0.05) is 11.1 Å². The summed E-state index contributed by atoms with van der Waals surface area (Å²) in [5.74, 6) is -0.717. The molecule has 5 heteroatoms. The fourth-order valence-electron chi connectivity index (χ4n) is 2.00. The largest absolute Gasteiger partial charge is 0.376 e. The number of halogens is 2. The first kappa shape index (κ1) is 13.5. The Morgan fingerprint density at radius 3 is 2.94 bits per heavy atom. The number of carbonyl (C=O) groups excluding carboxylic acids is 1. The van der Waals surface area contributed by atoms with Gasteiger partial charge in [-0.1, -0.05) is 0 Å². The molecule has 0 radical (unpaired) electrons. The van der Waals surface area contributed by atoms with Crippen LogP contribution < -0.4 is 5.32 Å². The molecule has 2 atom stereocenters. The van der Waals surface area contributed by atoms with Crippen molar-refractivity contribution in [3.05, 3.63) is 34.1 Å². The van der Waals surface area contributed by atoms with Gasteiger partial charge in [0.25, 0.3) is 5.91 Å². The molecular weight excluding hydrogens is 301 g/mol. The van der Waals surface area contributed by atoms with Gasteiger partial charge in [-0.25, -0.2) is 4.39 Å². The Bertz CT molecular complexity index is 480. The van der Waals surface area contributed by atoms with Crippen molar-refractivity contribution in [2.24, 2.45) is 0 Å². The van der Waals surface area contributed by atoms with Gasteiger partial charge in [-0.3, -0.25) is 4.79 Å². The summed E-state index contributed by atoms with van der Waals surface area (Å²) in [5, 5.41) is 2.93. The Balaban J connectivity index is 2.19. The summed E-state index contributed by atoms with van der Waals surface area (Å²) in [4.78, 5) is 12.2. The minimum Gasteiger partial charge on any atom is -0.376 e. The first-order chi connectivity index (χ1) is 8.42. The summed E-state index contributed by atoms with van der Waals surface area (Å²) in [6.45, 7) is 4.49. The van der Waals surface area contributed by atoms with Crippen LogP contribution in [0.1, 0.15) is 30.6 Å². The Labute approximate surface area is 114 Å². The monoisotopic (exact) mass is 315 g/mol. The van der Waals surface area contributed by atoms with E-state index in [1.807, 2.05) is 13.8 Å². The summed E-state index contributed by atoms with van der Waals surface area (Å²) in [6, 6.07) is 4.06. The van der Waals surface area contributed by atoms with Crippen molar-refractivity contribution in [2.75, 3.05) is 6.61 Å². The summed E-state index contributed by atoms with van der Waals surface area (Å²) in [7, 11) is 0. The quantitative estimate of drug-likeness (QED) is 0.911. The van der Waals surface area contributed by atoms with Crippen molar-refractivity contribution in [3.8, 4) is 0 Å². The van der Waals surface area contributed by atoms with Crippen molar-refractivity contribution >= 4 is 21.8 Å². The third kappa shape index (κ3) is 2.57. The number of nitrogens with one attached hydrogen (secondary N) is 1. The van der Waals surface area contributed by atoms with Crippen molar-refractivity contribution in [1.29, 1.82) is 0 Å². The highest BCUT2D eigenvalue weighted by Gasteiger charge is 2.38. The number of ether oxygens (including phenoxy) is 1. The molecule has 1 saturated heterocycles. The molecule has 18 heavy (non-hydrogen) atoms. The van der Waals surface area contributed by atoms with E-state index in [0.717, 1.165) is 6.42 Å². The van der Waals surface area contributed by atoms with E-state index in [0.29, 0.717) is 16.6 Å². The van der Waals surface area contributed by atoms with Gasteiger partial charge in [0.1, 0.15) is 5.82 Å². The van der Waals surface area contributed by atoms with Crippen LogP contribution in [-0.2, 0) is 4.74 Å². The van der Waals surface area contributed by atoms with Gasteiger partial charge in [0.05, 0.1) is 17.2 Å². The van der Waals surface area contributed by atoms with Crippen LogP contribution in [0.3, 0.4) is 0 Å². The van der Waals surface area contributed by atoms with E-state index in [9.17, 15) is 9.18 Å². The van der Waals surface area contributed by atoms with E-state index < -0.39 is 11.4 Å². The number of amides is 1. The van der Waals surface area contributed by atoms with Crippen molar-refractivity contribution in [1.82, 2.24) is 5.32 Å². The molecule has 0 aliphatic carbocycles. The highest BCUT2D eigenvalue weighted by molar-refractivity contribution is 9.10. The number of carbonyl (C=O) groups is 1. The maximum atomic E-state index is 13.2. The number of rotatable bonds is 2. The zero-order valence-corrected chi connectivity index (χ0v) is 11.9. The van der Waals surface area contributed by atoms with E-state index in [1.54, 1.807) is 0 Å². The van der Waals surface area contributed by atoms with Gasteiger partial charge < -0.3 is 10.1 Å². The fourth-order valence-corrected chi connectivity index (χ4v) is 2.42. The second-order valence-electron chi connectivity index (χ2n) is 4.76. The lowest BCUT2D eigenvalue weighted by molar-refractivity contribution is 0.0726. The lowest BCUT2D eigenvalue weighted by Crippen LogP contribution is -2.50. The average Bonchev–Trinajstić information content (AvgIpc) is 2.62. The molecule has 1 fully saturated rings. The van der Waals surface area contributed by atoms with Gasteiger partial charge in [-0.15, -0.1) is 0 Å². The SMILES string of the molecule is CC1OCCC1(C)NC(=O)c1cc(F)ccc1Br.